The first-order chi connectivity index (χ1) is 12.6. The molecular formula is C19H18ClN3O3. The Kier molecular flexibility index (Phi) is 4.20. The maximum absolute atomic E-state index is 12.6. The third-order valence-corrected chi connectivity index (χ3v) is 5.15. The smallest absolute Gasteiger partial charge is 0.268 e. The topological polar surface area (TPSA) is 87.0 Å². The van der Waals surface area contributed by atoms with Crippen LogP contribution in [0.25, 0.3) is 10.9 Å². The quantitative estimate of drug-likeness (QED) is 0.660. The summed E-state index contributed by atoms with van der Waals surface area (Å²) < 4.78 is 4.93. The third-order valence-electron chi connectivity index (χ3n) is 4.84. The molecule has 0 radical (unpaired) electrons. The summed E-state index contributed by atoms with van der Waals surface area (Å²) >= 11 is 6.30. The number of methoxy groups -OCH3 is 1. The predicted molar refractivity (Wildman–Crippen MR) is 100 cm³/mol. The van der Waals surface area contributed by atoms with Gasteiger partial charge in [-0.05, 0) is 30.9 Å². The molecule has 2 aromatic heterocycles. The van der Waals surface area contributed by atoms with Crippen LogP contribution in [0.4, 0.5) is 0 Å². The van der Waals surface area contributed by atoms with Crippen molar-refractivity contribution in [2.24, 2.45) is 0 Å². The second-order valence-electron chi connectivity index (χ2n) is 6.38. The zero-order chi connectivity index (χ0) is 18.3. The van der Waals surface area contributed by atoms with E-state index < -0.39 is 0 Å². The van der Waals surface area contributed by atoms with E-state index in [2.05, 4.69) is 15.3 Å². The van der Waals surface area contributed by atoms with Gasteiger partial charge < -0.3 is 20.0 Å². The number of amides is 1. The molecule has 0 saturated heterocycles. The number of para-hydroxylation sites is 1. The zero-order valence-corrected chi connectivity index (χ0v) is 14.9. The molecule has 2 heterocycles. The van der Waals surface area contributed by atoms with Gasteiger partial charge in [-0.15, -0.1) is 0 Å². The second kappa shape index (κ2) is 6.53. The molecule has 7 heteroatoms. The first kappa shape index (κ1) is 16.7. The van der Waals surface area contributed by atoms with Crippen LogP contribution in [0, 0.1) is 0 Å². The third kappa shape index (κ3) is 2.76. The maximum atomic E-state index is 12.6. The van der Waals surface area contributed by atoms with E-state index >= 15 is 0 Å². The minimum absolute atomic E-state index is 0.152. The Morgan fingerprint density at radius 2 is 2.23 bits per heavy atom. The largest absolute Gasteiger partial charge is 0.491 e. The monoisotopic (exact) mass is 371 g/mol. The molecule has 1 atom stereocenters. The number of carbonyl (C=O) groups is 1. The molecule has 4 rings (SSSR count). The van der Waals surface area contributed by atoms with Crippen molar-refractivity contribution in [3.05, 3.63) is 62.7 Å². The maximum Gasteiger partial charge on any atom is 0.268 e. The number of aromatic amines is 2. The SMILES string of the molecule is COc1c[nH]c(C(=O)N[C@H]2CCCc3c2[nH]c2c(Cl)cccc32)cc1=O. The molecule has 3 aromatic rings. The molecule has 6 nitrogen and oxygen atoms in total. The number of carbonyl (C=O) groups excluding carboxylic acids is 1. The molecule has 26 heavy (non-hydrogen) atoms. The van der Waals surface area contributed by atoms with Crippen molar-refractivity contribution in [2.75, 3.05) is 7.11 Å². The van der Waals surface area contributed by atoms with Gasteiger partial charge in [0.2, 0.25) is 5.43 Å². The Morgan fingerprint density at radius 3 is 3.00 bits per heavy atom. The fourth-order valence-corrected chi connectivity index (χ4v) is 3.80. The zero-order valence-electron chi connectivity index (χ0n) is 14.2. The van der Waals surface area contributed by atoms with Crippen molar-refractivity contribution in [2.45, 2.75) is 25.3 Å². The highest BCUT2D eigenvalue weighted by Crippen LogP contribution is 2.37. The van der Waals surface area contributed by atoms with Crippen LogP contribution in [0.5, 0.6) is 5.75 Å². The highest BCUT2D eigenvalue weighted by atomic mass is 35.5. The molecule has 1 aliphatic carbocycles. The van der Waals surface area contributed by atoms with Gasteiger partial charge in [-0.3, -0.25) is 9.59 Å². The molecule has 1 amide bonds. The van der Waals surface area contributed by atoms with E-state index in [4.69, 9.17) is 16.3 Å². The summed E-state index contributed by atoms with van der Waals surface area (Å²) in [6.45, 7) is 0. The van der Waals surface area contributed by atoms with E-state index in [1.807, 2.05) is 18.2 Å². The highest BCUT2D eigenvalue weighted by Gasteiger charge is 2.26. The molecule has 0 unspecified atom stereocenters. The van der Waals surface area contributed by atoms with Crippen LogP contribution in [-0.2, 0) is 6.42 Å². The molecule has 1 aliphatic rings. The number of hydrogen-bond donors (Lipinski definition) is 3. The second-order valence-corrected chi connectivity index (χ2v) is 6.78. The van der Waals surface area contributed by atoms with Gasteiger partial charge in [0.25, 0.3) is 5.91 Å². The Morgan fingerprint density at radius 1 is 1.38 bits per heavy atom. The van der Waals surface area contributed by atoms with Gasteiger partial charge in [0, 0.05) is 23.3 Å². The number of nitrogens with one attached hydrogen (secondary N) is 3. The van der Waals surface area contributed by atoms with E-state index in [1.54, 1.807) is 0 Å². The van der Waals surface area contributed by atoms with Gasteiger partial charge in [0.15, 0.2) is 5.75 Å². The summed E-state index contributed by atoms with van der Waals surface area (Å²) in [7, 11) is 1.41. The van der Waals surface area contributed by atoms with Gasteiger partial charge in [-0.2, -0.15) is 0 Å². The lowest BCUT2D eigenvalue weighted by atomic mass is 9.91. The molecule has 3 N–H and O–H groups in total. The van der Waals surface area contributed by atoms with E-state index in [0.29, 0.717) is 5.02 Å². The number of H-pyrrole nitrogens is 2. The Hall–Kier alpha value is -2.73. The van der Waals surface area contributed by atoms with E-state index in [9.17, 15) is 9.59 Å². The molecule has 0 aliphatic heterocycles. The lowest BCUT2D eigenvalue weighted by molar-refractivity contribution is 0.0926. The van der Waals surface area contributed by atoms with Crippen LogP contribution in [0.1, 0.15) is 40.6 Å². The van der Waals surface area contributed by atoms with Crippen LogP contribution < -0.4 is 15.5 Å². The first-order valence-corrected chi connectivity index (χ1v) is 8.83. The van der Waals surface area contributed by atoms with E-state index in [-0.39, 0.29) is 28.8 Å². The number of benzene rings is 1. The standard InChI is InChI=1S/C19H18ClN3O3/c1-26-16-9-21-14(8-15(16)24)19(25)22-13-7-3-5-11-10-4-2-6-12(20)17(10)23-18(11)13/h2,4,6,8-9,13,23H,3,5,7H2,1H3,(H,21,24)(H,22,25)/t13-/m0/s1. The van der Waals surface area contributed by atoms with Crippen LogP contribution in [0.3, 0.4) is 0 Å². The van der Waals surface area contributed by atoms with Crippen molar-refractivity contribution in [1.82, 2.24) is 15.3 Å². The number of rotatable bonds is 3. The summed E-state index contributed by atoms with van der Waals surface area (Å²) in [6.07, 6.45) is 4.13. The molecule has 0 bridgehead atoms. The van der Waals surface area contributed by atoms with Crippen molar-refractivity contribution in [1.29, 1.82) is 0 Å². The number of pyridine rings is 1. The lowest BCUT2D eigenvalue weighted by Crippen LogP contribution is -2.32. The summed E-state index contributed by atoms with van der Waals surface area (Å²) in [4.78, 5) is 30.7. The van der Waals surface area contributed by atoms with Crippen molar-refractivity contribution >= 4 is 28.4 Å². The summed E-state index contributed by atoms with van der Waals surface area (Å²) in [5, 5.41) is 4.78. The average Bonchev–Trinajstić information content (AvgIpc) is 3.03. The van der Waals surface area contributed by atoms with Crippen LogP contribution in [-0.4, -0.2) is 23.0 Å². The van der Waals surface area contributed by atoms with E-state index in [1.165, 1.54) is 24.9 Å². The van der Waals surface area contributed by atoms with Gasteiger partial charge in [-0.1, -0.05) is 23.7 Å². The van der Waals surface area contributed by atoms with E-state index in [0.717, 1.165) is 35.9 Å². The van der Waals surface area contributed by atoms with Gasteiger partial charge in [-0.25, -0.2) is 0 Å². The van der Waals surface area contributed by atoms with Crippen LogP contribution in [0.15, 0.2) is 35.3 Å². The number of aryl methyl sites for hydroxylation is 1. The number of hydrogen-bond acceptors (Lipinski definition) is 3. The normalized spacial score (nSPS) is 16.3. The molecule has 134 valence electrons. The molecule has 0 fully saturated rings. The minimum atomic E-state index is -0.335. The Balaban J connectivity index is 1.65. The summed E-state index contributed by atoms with van der Waals surface area (Å²) in [6, 6.07) is 6.92. The van der Waals surface area contributed by atoms with Crippen molar-refractivity contribution in [3.63, 3.8) is 0 Å². The lowest BCUT2D eigenvalue weighted by Gasteiger charge is -2.23. The van der Waals surface area contributed by atoms with Crippen molar-refractivity contribution in [3.8, 4) is 5.75 Å². The number of halogens is 1. The van der Waals surface area contributed by atoms with Gasteiger partial charge >= 0.3 is 0 Å². The Labute approximate surface area is 154 Å². The first-order valence-electron chi connectivity index (χ1n) is 8.45. The van der Waals surface area contributed by atoms with Crippen LogP contribution >= 0.6 is 11.6 Å². The average molecular weight is 372 g/mol. The predicted octanol–water partition coefficient (Wildman–Crippen LogP) is 3.33. The summed E-state index contributed by atoms with van der Waals surface area (Å²) in [5.41, 5.74) is 2.96. The number of aromatic nitrogens is 2. The molecule has 0 spiro atoms. The molecule has 0 saturated carbocycles. The highest BCUT2D eigenvalue weighted by molar-refractivity contribution is 6.35. The molecular weight excluding hydrogens is 354 g/mol. The fraction of sp³-hybridized carbons (Fsp3) is 0.263. The van der Waals surface area contributed by atoms with Gasteiger partial charge in [0.05, 0.1) is 23.7 Å². The number of fused-ring (bicyclic) bond motifs is 3. The van der Waals surface area contributed by atoms with Gasteiger partial charge in [0.1, 0.15) is 5.69 Å². The minimum Gasteiger partial charge on any atom is -0.491 e. The summed E-state index contributed by atoms with van der Waals surface area (Å²) in [5.74, 6) is -0.154. The molecule has 1 aromatic carbocycles. The van der Waals surface area contributed by atoms with Crippen LogP contribution in [0.2, 0.25) is 5.02 Å². The Bertz CT molecular complexity index is 1050. The van der Waals surface area contributed by atoms with Crippen molar-refractivity contribution < 1.29 is 9.53 Å². The number of ether oxygens (including phenoxy) is 1. The fourth-order valence-electron chi connectivity index (χ4n) is 3.58.